The number of nitrogens with two attached hydrogens (primary N) is 1. The molecule has 1 aliphatic rings. The lowest BCUT2D eigenvalue weighted by atomic mass is 10.1. The first-order valence-electron chi connectivity index (χ1n) is 5.58. The van der Waals surface area contributed by atoms with Crippen LogP contribution in [0, 0.1) is 0 Å². The monoisotopic (exact) mass is 226 g/mol. The summed E-state index contributed by atoms with van der Waals surface area (Å²) in [6, 6.07) is 0. The summed E-state index contributed by atoms with van der Waals surface area (Å²) in [5.74, 6) is 3.34. The fourth-order valence-corrected chi connectivity index (χ4v) is 2.97. The first kappa shape index (κ1) is 11.0. The Kier molecular flexibility index (Phi) is 3.70. The van der Waals surface area contributed by atoms with Gasteiger partial charge in [0.2, 0.25) is 5.89 Å². The molecule has 1 fully saturated rings. The number of hydrogen-bond acceptors (Lipinski definition) is 4. The van der Waals surface area contributed by atoms with Crippen molar-refractivity contribution < 1.29 is 4.42 Å². The molecule has 1 aliphatic heterocycles. The molecule has 0 aliphatic carbocycles. The molecular formula is C11H18N2OS. The highest BCUT2D eigenvalue weighted by Gasteiger charge is 2.21. The van der Waals surface area contributed by atoms with Crippen LogP contribution in [0.15, 0.2) is 10.6 Å². The predicted molar refractivity (Wildman–Crippen MR) is 63.0 cm³/mol. The molecule has 2 N–H and O–H groups in total. The summed E-state index contributed by atoms with van der Waals surface area (Å²) >= 11 is 1.96. The molecule has 0 saturated carbocycles. The fourth-order valence-electron chi connectivity index (χ4n) is 1.73. The standard InChI is InChI=1S/C11H18N2OS/c1-8(6-12)9-7-13-11(14-9)10-4-2-3-5-15-10/h7-8,10H,2-6,12H2,1H3. The zero-order valence-electron chi connectivity index (χ0n) is 9.11. The van der Waals surface area contributed by atoms with E-state index in [1.54, 1.807) is 0 Å². The van der Waals surface area contributed by atoms with Gasteiger partial charge in [-0.3, -0.25) is 0 Å². The maximum absolute atomic E-state index is 5.76. The van der Waals surface area contributed by atoms with E-state index >= 15 is 0 Å². The van der Waals surface area contributed by atoms with Crippen molar-refractivity contribution in [3.63, 3.8) is 0 Å². The Morgan fingerprint density at radius 3 is 3.20 bits per heavy atom. The average Bonchev–Trinajstić information content (AvgIpc) is 2.78. The zero-order valence-corrected chi connectivity index (χ0v) is 9.93. The highest BCUT2D eigenvalue weighted by atomic mass is 32.2. The van der Waals surface area contributed by atoms with Gasteiger partial charge in [-0.2, -0.15) is 0 Å². The summed E-state index contributed by atoms with van der Waals surface area (Å²) in [5.41, 5.74) is 5.60. The first-order valence-corrected chi connectivity index (χ1v) is 6.63. The molecule has 1 saturated heterocycles. The van der Waals surface area contributed by atoms with E-state index in [4.69, 9.17) is 10.2 Å². The van der Waals surface area contributed by atoms with Crippen molar-refractivity contribution in [1.29, 1.82) is 0 Å². The van der Waals surface area contributed by atoms with Crippen molar-refractivity contribution in [2.24, 2.45) is 5.73 Å². The smallest absolute Gasteiger partial charge is 0.207 e. The molecule has 4 heteroatoms. The van der Waals surface area contributed by atoms with Gasteiger partial charge in [0, 0.05) is 12.5 Å². The summed E-state index contributed by atoms with van der Waals surface area (Å²) in [7, 11) is 0. The van der Waals surface area contributed by atoms with Crippen molar-refractivity contribution in [2.45, 2.75) is 37.4 Å². The second-order valence-corrected chi connectivity index (χ2v) is 5.40. The van der Waals surface area contributed by atoms with E-state index in [0.717, 1.165) is 11.7 Å². The molecule has 0 radical (unpaired) electrons. The molecule has 2 heterocycles. The number of hydrogen-bond donors (Lipinski definition) is 1. The number of oxazole rings is 1. The van der Waals surface area contributed by atoms with Gasteiger partial charge in [0.05, 0.1) is 11.4 Å². The van der Waals surface area contributed by atoms with Crippen LogP contribution < -0.4 is 5.73 Å². The molecular weight excluding hydrogens is 208 g/mol. The Bertz CT molecular complexity index is 307. The van der Waals surface area contributed by atoms with Crippen LogP contribution in [0.4, 0.5) is 0 Å². The minimum Gasteiger partial charge on any atom is -0.444 e. The molecule has 1 aromatic rings. The van der Waals surface area contributed by atoms with Crippen LogP contribution in [-0.4, -0.2) is 17.3 Å². The Labute approximate surface area is 94.8 Å². The van der Waals surface area contributed by atoms with Crippen LogP contribution in [0.5, 0.6) is 0 Å². The molecule has 0 aromatic carbocycles. The van der Waals surface area contributed by atoms with E-state index in [0.29, 0.717) is 11.8 Å². The summed E-state index contributed by atoms with van der Waals surface area (Å²) in [5, 5.41) is 0.470. The van der Waals surface area contributed by atoms with E-state index in [9.17, 15) is 0 Å². The minimum atomic E-state index is 0.278. The third kappa shape index (κ3) is 2.55. The molecule has 15 heavy (non-hydrogen) atoms. The van der Waals surface area contributed by atoms with E-state index in [1.165, 1.54) is 25.0 Å². The van der Waals surface area contributed by atoms with Gasteiger partial charge in [0.1, 0.15) is 5.76 Å². The van der Waals surface area contributed by atoms with Crippen LogP contribution in [-0.2, 0) is 0 Å². The summed E-state index contributed by atoms with van der Waals surface area (Å²) in [6.07, 6.45) is 5.65. The van der Waals surface area contributed by atoms with Crippen molar-refractivity contribution in [1.82, 2.24) is 4.98 Å². The van der Waals surface area contributed by atoms with Crippen molar-refractivity contribution in [3.8, 4) is 0 Å². The molecule has 2 atom stereocenters. The van der Waals surface area contributed by atoms with Crippen LogP contribution in [0.3, 0.4) is 0 Å². The van der Waals surface area contributed by atoms with Gasteiger partial charge in [-0.1, -0.05) is 13.3 Å². The topological polar surface area (TPSA) is 52.0 Å². The molecule has 2 rings (SSSR count). The predicted octanol–water partition coefficient (Wildman–Crippen LogP) is 2.70. The van der Waals surface area contributed by atoms with Crippen molar-refractivity contribution in [3.05, 3.63) is 17.8 Å². The Hall–Kier alpha value is -0.480. The summed E-state index contributed by atoms with van der Waals surface area (Å²) in [4.78, 5) is 4.37. The number of thioether (sulfide) groups is 1. The van der Waals surface area contributed by atoms with Crippen molar-refractivity contribution in [2.75, 3.05) is 12.3 Å². The third-order valence-corrected chi connectivity index (χ3v) is 4.20. The van der Waals surface area contributed by atoms with Crippen LogP contribution in [0.2, 0.25) is 0 Å². The minimum absolute atomic E-state index is 0.278. The second kappa shape index (κ2) is 5.03. The summed E-state index contributed by atoms with van der Waals surface area (Å²) in [6.45, 7) is 2.69. The zero-order chi connectivity index (χ0) is 10.7. The second-order valence-electron chi connectivity index (χ2n) is 4.09. The SMILES string of the molecule is CC(CN)c1cnc(C2CCCCS2)o1. The number of nitrogens with zero attached hydrogens (tertiary/aromatic N) is 1. The lowest BCUT2D eigenvalue weighted by molar-refractivity contribution is 0.421. The maximum atomic E-state index is 5.76. The molecule has 0 amide bonds. The van der Waals surface area contributed by atoms with Gasteiger partial charge in [0.15, 0.2) is 0 Å². The normalized spacial score (nSPS) is 24.0. The fraction of sp³-hybridized carbons (Fsp3) is 0.727. The largest absolute Gasteiger partial charge is 0.444 e. The third-order valence-electron chi connectivity index (χ3n) is 2.84. The van der Waals surface area contributed by atoms with Gasteiger partial charge in [-0.25, -0.2) is 4.98 Å². The van der Waals surface area contributed by atoms with Gasteiger partial charge in [0.25, 0.3) is 0 Å². The number of aromatic nitrogens is 1. The van der Waals surface area contributed by atoms with E-state index in [1.807, 2.05) is 18.0 Å². The van der Waals surface area contributed by atoms with Gasteiger partial charge in [-0.05, 0) is 18.6 Å². The lowest BCUT2D eigenvalue weighted by Crippen LogP contribution is -2.07. The highest BCUT2D eigenvalue weighted by molar-refractivity contribution is 7.99. The molecule has 2 unspecified atom stereocenters. The average molecular weight is 226 g/mol. The molecule has 0 spiro atoms. The van der Waals surface area contributed by atoms with Crippen LogP contribution >= 0.6 is 11.8 Å². The van der Waals surface area contributed by atoms with Crippen LogP contribution in [0.1, 0.15) is 49.0 Å². The highest BCUT2D eigenvalue weighted by Crippen LogP contribution is 2.38. The molecule has 1 aromatic heterocycles. The molecule has 3 nitrogen and oxygen atoms in total. The Balaban J connectivity index is 2.05. The van der Waals surface area contributed by atoms with E-state index < -0.39 is 0 Å². The first-order chi connectivity index (χ1) is 7.31. The van der Waals surface area contributed by atoms with Gasteiger partial charge < -0.3 is 10.2 Å². The van der Waals surface area contributed by atoms with Gasteiger partial charge in [-0.15, -0.1) is 11.8 Å². The van der Waals surface area contributed by atoms with E-state index in [-0.39, 0.29) is 5.92 Å². The maximum Gasteiger partial charge on any atom is 0.207 e. The Morgan fingerprint density at radius 1 is 1.67 bits per heavy atom. The quantitative estimate of drug-likeness (QED) is 0.861. The van der Waals surface area contributed by atoms with E-state index in [2.05, 4.69) is 11.9 Å². The number of rotatable bonds is 3. The molecule has 0 bridgehead atoms. The molecule has 84 valence electrons. The summed E-state index contributed by atoms with van der Waals surface area (Å²) < 4.78 is 5.76. The lowest BCUT2D eigenvalue weighted by Gasteiger charge is -2.17. The van der Waals surface area contributed by atoms with Gasteiger partial charge >= 0.3 is 0 Å². The Morgan fingerprint density at radius 2 is 2.53 bits per heavy atom. The van der Waals surface area contributed by atoms with Crippen molar-refractivity contribution >= 4 is 11.8 Å². The van der Waals surface area contributed by atoms with Crippen LogP contribution in [0.25, 0.3) is 0 Å².